The molecule has 2 aromatic heterocycles. The Morgan fingerprint density at radius 3 is 2.55 bits per heavy atom. The number of ether oxygens (including phenoxy) is 1. The zero-order chi connectivity index (χ0) is 29.9. The van der Waals surface area contributed by atoms with Crippen LogP contribution in [-0.4, -0.2) is 48.7 Å². The minimum absolute atomic E-state index is 0.202. The number of sulfonamides is 1. The first-order chi connectivity index (χ1) is 20.1. The first-order valence-electron chi connectivity index (χ1n) is 12.9. The summed E-state index contributed by atoms with van der Waals surface area (Å²) in [6, 6.07) is 12.9. The number of alkyl halides is 1. The van der Waals surface area contributed by atoms with Gasteiger partial charge < -0.3 is 15.4 Å². The van der Waals surface area contributed by atoms with Gasteiger partial charge in [0.15, 0.2) is 17.4 Å². The smallest absolute Gasteiger partial charge is 0.239 e. The van der Waals surface area contributed by atoms with E-state index in [1.165, 1.54) is 25.4 Å². The molecule has 0 bridgehead atoms. The average Bonchev–Trinajstić information content (AvgIpc) is 2.98. The van der Waals surface area contributed by atoms with E-state index in [1.54, 1.807) is 42.5 Å². The van der Waals surface area contributed by atoms with Gasteiger partial charge in [-0.05, 0) is 30.7 Å². The molecule has 0 radical (unpaired) electrons. The molecule has 3 heterocycles. The molecule has 0 spiro atoms. The predicted octanol–water partition coefficient (Wildman–Crippen LogP) is 5.36. The van der Waals surface area contributed by atoms with Gasteiger partial charge >= 0.3 is 0 Å². The van der Waals surface area contributed by atoms with E-state index in [2.05, 4.69) is 25.6 Å². The molecule has 0 saturated carbocycles. The van der Waals surface area contributed by atoms with Crippen LogP contribution >= 0.6 is 0 Å². The van der Waals surface area contributed by atoms with E-state index < -0.39 is 50.3 Å². The number of halogens is 4. The fourth-order valence-electron chi connectivity index (χ4n) is 4.41. The molecule has 5 rings (SSSR count). The Morgan fingerprint density at radius 1 is 1.00 bits per heavy atom. The van der Waals surface area contributed by atoms with Crippen LogP contribution in [0.3, 0.4) is 0 Å². The Morgan fingerprint density at radius 2 is 1.79 bits per heavy atom. The molecule has 3 N–H and O–H groups in total. The molecule has 220 valence electrons. The monoisotopic (exact) mass is 602 g/mol. The van der Waals surface area contributed by atoms with Crippen LogP contribution in [0, 0.1) is 17.5 Å². The van der Waals surface area contributed by atoms with Gasteiger partial charge in [0.05, 0.1) is 11.3 Å². The Hall–Kier alpha value is -4.30. The number of anilines is 2. The number of nitrogens with zero attached hydrogens (tertiary/aromatic N) is 3. The molecule has 0 amide bonds. The number of aromatic nitrogens is 3. The Kier molecular flexibility index (Phi) is 8.54. The average molecular weight is 603 g/mol. The van der Waals surface area contributed by atoms with Gasteiger partial charge in [-0.2, -0.15) is 4.39 Å². The molecule has 14 heteroatoms. The summed E-state index contributed by atoms with van der Waals surface area (Å²) in [6.45, 7) is 2.12. The lowest BCUT2D eigenvalue weighted by molar-refractivity contribution is 0.254. The third-order valence-corrected chi connectivity index (χ3v) is 8.34. The highest BCUT2D eigenvalue weighted by Gasteiger charge is 2.29. The molecular formula is C28H26F4N6O3S. The van der Waals surface area contributed by atoms with Crippen LogP contribution in [-0.2, 0) is 10.0 Å². The molecule has 1 aliphatic rings. The molecule has 1 saturated heterocycles. The zero-order valence-corrected chi connectivity index (χ0v) is 23.0. The highest BCUT2D eigenvalue weighted by molar-refractivity contribution is 7.92. The Balaban J connectivity index is 1.39. The van der Waals surface area contributed by atoms with Gasteiger partial charge in [-0.25, -0.2) is 36.5 Å². The Labute approximate surface area is 239 Å². The lowest BCUT2D eigenvalue weighted by atomic mass is 10.1. The second kappa shape index (κ2) is 12.3. The van der Waals surface area contributed by atoms with Gasteiger partial charge in [-0.3, -0.25) is 4.72 Å². The SMILES string of the molecule is C[C@H](c1ccccc1)S(=O)(=O)Nc1c(F)cc(Oc2ncccc2-c2ccnc(NC3CNC[C@@H](F)C3)n2)c(F)c1F. The van der Waals surface area contributed by atoms with Crippen LogP contribution < -0.4 is 20.1 Å². The highest BCUT2D eigenvalue weighted by Crippen LogP contribution is 2.36. The van der Waals surface area contributed by atoms with E-state index in [-0.39, 0.29) is 42.1 Å². The third-order valence-electron chi connectivity index (χ3n) is 6.64. The molecular weight excluding hydrogens is 576 g/mol. The number of rotatable bonds is 9. The summed E-state index contributed by atoms with van der Waals surface area (Å²) in [5, 5.41) is 4.84. The van der Waals surface area contributed by atoms with E-state index in [0.29, 0.717) is 18.2 Å². The summed E-state index contributed by atoms with van der Waals surface area (Å²) in [5.41, 5.74) is -0.270. The van der Waals surface area contributed by atoms with Crippen LogP contribution in [0.15, 0.2) is 67.0 Å². The van der Waals surface area contributed by atoms with E-state index >= 15 is 13.2 Å². The number of hydrogen-bond donors (Lipinski definition) is 3. The molecule has 0 aliphatic carbocycles. The van der Waals surface area contributed by atoms with Crippen LogP contribution in [0.2, 0.25) is 0 Å². The van der Waals surface area contributed by atoms with Crippen molar-refractivity contribution in [2.75, 3.05) is 23.1 Å². The van der Waals surface area contributed by atoms with Gasteiger partial charge in [0.25, 0.3) is 0 Å². The van der Waals surface area contributed by atoms with Gasteiger partial charge in [-0.15, -0.1) is 0 Å². The maximum Gasteiger partial charge on any atom is 0.239 e. The second-order valence-corrected chi connectivity index (χ2v) is 11.6. The van der Waals surface area contributed by atoms with Crippen LogP contribution in [0.1, 0.15) is 24.2 Å². The fourth-order valence-corrected chi connectivity index (χ4v) is 5.57. The van der Waals surface area contributed by atoms with Crippen molar-refractivity contribution in [3.05, 3.63) is 90.0 Å². The lowest BCUT2D eigenvalue weighted by Crippen LogP contribution is -2.44. The minimum atomic E-state index is -4.36. The summed E-state index contributed by atoms with van der Waals surface area (Å²) in [5.74, 6) is -5.70. The molecule has 3 atom stereocenters. The van der Waals surface area contributed by atoms with Crippen molar-refractivity contribution >= 4 is 21.7 Å². The first-order valence-corrected chi connectivity index (χ1v) is 14.5. The zero-order valence-electron chi connectivity index (χ0n) is 22.2. The van der Waals surface area contributed by atoms with Crippen molar-refractivity contribution in [3.63, 3.8) is 0 Å². The summed E-state index contributed by atoms with van der Waals surface area (Å²) in [7, 11) is -4.36. The largest absolute Gasteiger partial charge is 0.435 e. The Bertz CT molecular complexity index is 1680. The van der Waals surface area contributed by atoms with Crippen molar-refractivity contribution in [2.24, 2.45) is 0 Å². The van der Waals surface area contributed by atoms with Crippen LogP contribution in [0.4, 0.5) is 29.2 Å². The normalized spacial score (nSPS) is 17.8. The number of nitrogens with one attached hydrogen (secondary N) is 3. The topological polar surface area (TPSA) is 118 Å². The van der Waals surface area contributed by atoms with Crippen molar-refractivity contribution < 1.29 is 30.7 Å². The summed E-state index contributed by atoms with van der Waals surface area (Å²) < 4.78 is 91.9. The minimum Gasteiger partial charge on any atom is -0.435 e. The molecule has 9 nitrogen and oxygen atoms in total. The van der Waals surface area contributed by atoms with E-state index in [1.807, 2.05) is 4.72 Å². The molecule has 4 aromatic rings. The summed E-state index contributed by atoms with van der Waals surface area (Å²) in [6.07, 6.45) is 2.03. The second-order valence-electron chi connectivity index (χ2n) is 9.62. The van der Waals surface area contributed by atoms with E-state index in [0.717, 1.165) is 0 Å². The molecule has 42 heavy (non-hydrogen) atoms. The fraction of sp³-hybridized carbons (Fsp3) is 0.250. The molecule has 1 unspecified atom stereocenters. The number of benzene rings is 2. The summed E-state index contributed by atoms with van der Waals surface area (Å²) in [4.78, 5) is 12.6. The number of piperidine rings is 1. The van der Waals surface area contributed by atoms with Crippen molar-refractivity contribution in [1.82, 2.24) is 20.3 Å². The molecule has 1 fully saturated rings. The van der Waals surface area contributed by atoms with Gasteiger partial charge in [-0.1, -0.05) is 30.3 Å². The van der Waals surface area contributed by atoms with Crippen molar-refractivity contribution in [2.45, 2.75) is 30.8 Å². The number of pyridine rings is 1. The van der Waals surface area contributed by atoms with E-state index in [9.17, 15) is 12.8 Å². The molecule has 2 aromatic carbocycles. The van der Waals surface area contributed by atoms with E-state index in [4.69, 9.17) is 4.74 Å². The quantitative estimate of drug-likeness (QED) is 0.173. The van der Waals surface area contributed by atoms with Crippen molar-refractivity contribution in [3.8, 4) is 22.9 Å². The summed E-state index contributed by atoms with van der Waals surface area (Å²) >= 11 is 0. The third kappa shape index (κ3) is 6.44. The number of hydrogen-bond acceptors (Lipinski definition) is 8. The predicted molar refractivity (Wildman–Crippen MR) is 149 cm³/mol. The standard InChI is InChI=1S/C28H26F4N6O3S/c1-16(17-6-3-2-4-7-17)42(39,40)38-26-21(30)13-23(24(31)25(26)32)41-27-20(8-5-10-34-27)22-9-11-35-28(37-22)36-19-12-18(29)14-33-15-19/h2-11,13,16,18-19,33,38H,12,14-15H2,1H3,(H,35,36,37)/t16-,18+,19?/m1/s1. The van der Waals surface area contributed by atoms with Gasteiger partial charge in [0, 0.05) is 44.0 Å². The maximum absolute atomic E-state index is 15.1. The maximum atomic E-state index is 15.1. The van der Waals surface area contributed by atoms with Gasteiger partial charge in [0.1, 0.15) is 17.1 Å². The lowest BCUT2D eigenvalue weighted by Gasteiger charge is -2.26. The van der Waals surface area contributed by atoms with Crippen molar-refractivity contribution in [1.29, 1.82) is 0 Å². The van der Waals surface area contributed by atoms with Crippen LogP contribution in [0.5, 0.6) is 11.6 Å². The van der Waals surface area contributed by atoms with Crippen LogP contribution in [0.25, 0.3) is 11.3 Å². The van der Waals surface area contributed by atoms with Gasteiger partial charge in [0.2, 0.25) is 27.7 Å². The first kappa shape index (κ1) is 29.2. The molecule has 1 aliphatic heterocycles. The highest BCUT2D eigenvalue weighted by atomic mass is 32.2.